The van der Waals surface area contributed by atoms with Gasteiger partial charge < -0.3 is 20.4 Å². The van der Waals surface area contributed by atoms with Gasteiger partial charge in [0.15, 0.2) is 0 Å². The van der Waals surface area contributed by atoms with Crippen molar-refractivity contribution in [3.63, 3.8) is 0 Å². The molecular formula is C18H29N5O. The molecule has 1 saturated carbocycles. The number of nitrogens with zero attached hydrogens (tertiary/aromatic N) is 3. The maximum Gasteiger partial charge on any atom is 0.315 e. The molecule has 1 aromatic rings. The number of amides is 2. The van der Waals surface area contributed by atoms with Crippen molar-refractivity contribution in [2.45, 2.75) is 37.8 Å². The topological polar surface area (TPSA) is 60.5 Å². The average molecular weight is 331 g/mol. The monoisotopic (exact) mass is 331 g/mol. The molecule has 0 spiro atoms. The maximum absolute atomic E-state index is 12.4. The molecule has 1 aromatic heterocycles. The molecule has 2 N–H and O–H groups in total. The summed E-state index contributed by atoms with van der Waals surface area (Å²) in [4.78, 5) is 21.3. The highest BCUT2D eigenvalue weighted by molar-refractivity contribution is 5.74. The first-order valence-electron chi connectivity index (χ1n) is 8.99. The summed E-state index contributed by atoms with van der Waals surface area (Å²) in [5, 5.41) is 6.35. The lowest BCUT2D eigenvalue weighted by molar-refractivity contribution is 0.227. The number of nitrogens with one attached hydrogen (secondary N) is 2. The summed E-state index contributed by atoms with van der Waals surface area (Å²) in [5.74, 6) is 1.39. The van der Waals surface area contributed by atoms with Gasteiger partial charge in [-0.15, -0.1) is 0 Å². The molecule has 0 radical (unpaired) electrons. The molecule has 24 heavy (non-hydrogen) atoms. The maximum atomic E-state index is 12.4. The number of aromatic nitrogens is 1. The van der Waals surface area contributed by atoms with Crippen molar-refractivity contribution in [1.29, 1.82) is 0 Å². The Bertz CT molecular complexity index is 529. The van der Waals surface area contributed by atoms with Gasteiger partial charge in [-0.05, 0) is 39.1 Å². The Kier molecular flexibility index (Phi) is 5.56. The molecule has 2 amide bonds. The van der Waals surface area contributed by atoms with Gasteiger partial charge in [-0.2, -0.15) is 0 Å². The normalized spacial score (nSPS) is 24.5. The summed E-state index contributed by atoms with van der Waals surface area (Å²) in [5.41, 5.74) is 0. The quantitative estimate of drug-likeness (QED) is 0.862. The van der Waals surface area contributed by atoms with Crippen molar-refractivity contribution in [1.82, 2.24) is 20.5 Å². The van der Waals surface area contributed by atoms with E-state index in [1.54, 1.807) is 0 Å². The SMILES string of the molecule is CN(C)C[C@@H]1CN(c2ccccn2)C[C@H]1NC(=O)NC1CCCC1. The molecule has 2 heterocycles. The summed E-state index contributed by atoms with van der Waals surface area (Å²) >= 11 is 0. The predicted molar refractivity (Wildman–Crippen MR) is 96.2 cm³/mol. The van der Waals surface area contributed by atoms with Gasteiger partial charge in [-0.3, -0.25) is 0 Å². The predicted octanol–water partition coefficient (Wildman–Crippen LogP) is 1.69. The molecule has 1 saturated heterocycles. The molecule has 6 nitrogen and oxygen atoms in total. The smallest absolute Gasteiger partial charge is 0.315 e. The average Bonchev–Trinajstić information content (AvgIpc) is 3.18. The van der Waals surface area contributed by atoms with E-state index in [2.05, 4.69) is 39.5 Å². The van der Waals surface area contributed by atoms with Gasteiger partial charge in [0, 0.05) is 37.8 Å². The minimum Gasteiger partial charge on any atom is -0.354 e. The van der Waals surface area contributed by atoms with Crippen LogP contribution in [0.2, 0.25) is 0 Å². The lowest BCUT2D eigenvalue weighted by Gasteiger charge is -2.23. The van der Waals surface area contributed by atoms with Gasteiger partial charge in [0.2, 0.25) is 0 Å². The van der Waals surface area contributed by atoms with Crippen molar-refractivity contribution in [3.8, 4) is 0 Å². The van der Waals surface area contributed by atoms with Crippen molar-refractivity contribution < 1.29 is 4.79 Å². The highest BCUT2D eigenvalue weighted by Gasteiger charge is 2.35. The van der Waals surface area contributed by atoms with E-state index in [4.69, 9.17) is 0 Å². The van der Waals surface area contributed by atoms with Gasteiger partial charge in [-0.1, -0.05) is 18.9 Å². The molecule has 0 unspecified atom stereocenters. The summed E-state index contributed by atoms with van der Waals surface area (Å²) < 4.78 is 0. The third-order valence-corrected chi connectivity index (χ3v) is 5.02. The van der Waals surface area contributed by atoms with Crippen LogP contribution in [0.5, 0.6) is 0 Å². The van der Waals surface area contributed by atoms with E-state index in [9.17, 15) is 4.79 Å². The van der Waals surface area contributed by atoms with Crippen LogP contribution in [0.3, 0.4) is 0 Å². The van der Waals surface area contributed by atoms with E-state index in [0.29, 0.717) is 12.0 Å². The standard InChI is InChI=1S/C18H29N5O/c1-22(2)11-14-12-23(17-9-5-6-10-19-17)13-16(14)21-18(24)20-15-7-3-4-8-15/h5-6,9-10,14-16H,3-4,7-8,11-13H2,1-2H3,(H2,20,21,24)/t14-,16-/m1/s1. The van der Waals surface area contributed by atoms with Crippen LogP contribution in [0.25, 0.3) is 0 Å². The Hall–Kier alpha value is -1.82. The van der Waals surface area contributed by atoms with E-state index in [-0.39, 0.29) is 12.1 Å². The number of hydrogen-bond donors (Lipinski definition) is 2. The number of carbonyl (C=O) groups is 1. The zero-order valence-corrected chi connectivity index (χ0v) is 14.7. The Morgan fingerprint density at radius 1 is 1.25 bits per heavy atom. The van der Waals surface area contributed by atoms with Crippen molar-refractivity contribution in [2.75, 3.05) is 38.6 Å². The molecule has 2 aliphatic rings. The first-order chi connectivity index (χ1) is 11.6. The zero-order valence-electron chi connectivity index (χ0n) is 14.7. The number of hydrogen-bond acceptors (Lipinski definition) is 4. The third-order valence-electron chi connectivity index (χ3n) is 5.02. The number of carbonyl (C=O) groups excluding carboxylic acids is 1. The molecule has 1 aliphatic carbocycles. The number of pyridine rings is 1. The Morgan fingerprint density at radius 2 is 2.04 bits per heavy atom. The highest BCUT2D eigenvalue weighted by atomic mass is 16.2. The fraction of sp³-hybridized carbons (Fsp3) is 0.667. The van der Waals surface area contributed by atoms with Crippen LogP contribution in [0.4, 0.5) is 10.6 Å². The summed E-state index contributed by atoms with van der Waals surface area (Å²) in [6, 6.07) is 6.46. The second-order valence-electron chi connectivity index (χ2n) is 7.32. The fourth-order valence-corrected chi connectivity index (χ4v) is 3.88. The molecular weight excluding hydrogens is 302 g/mol. The van der Waals surface area contributed by atoms with Crippen LogP contribution < -0.4 is 15.5 Å². The van der Waals surface area contributed by atoms with Crippen LogP contribution in [-0.4, -0.2) is 61.7 Å². The number of rotatable bonds is 5. The van der Waals surface area contributed by atoms with E-state index in [1.165, 1.54) is 12.8 Å². The Balaban J connectivity index is 1.61. The summed E-state index contributed by atoms with van der Waals surface area (Å²) in [6.07, 6.45) is 6.50. The van der Waals surface area contributed by atoms with Crippen LogP contribution >= 0.6 is 0 Å². The fourth-order valence-electron chi connectivity index (χ4n) is 3.88. The van der Waals surface area contributed by atoms with Gasteiger partial charge in [0.1, 0.15) is 5.82 Å². The molecule has 1 aliphatic heterocycles. The van der Waals surface area contributed by atoms with Gasteiger partial charge in [0.25, 0.3) is 0 Å². The second-order valence-corrected chi connectivity index (χ2v) is 7.32. The lowest BCUT2D eigenvalue weighted by atomic mass is 10.0. The summed E-state index contributed by atoms with van der Waals surface area (Å²) in [6.45, 7) is 2.69. The third kappa shape index (κ3) is 4.38. The van der Waals surface area contributed by atoms with Crippen LogP contribution in [0, 0.1) is 5.92 Å². The van der Waals surface area contributed by atoms with E-state index in [0.717, 1.165) is 38.3 Å². The second kappa shape index (κ2) is 7.83. The van der Waals surface area contributed by atoms with E-state index < -0.39 is 0 Å². The van der Waals surface area contributed by atoms with Gasteiger partial charge >= 0.3 is 6.03 Å². The van der Waals surface area contributed by atoms with Crippen LogP contribution in [0.1, 0.15) is 25.7 Å². The number of urea groups is 1. The Labute approximate surface area is 144 Å². The van der Waals surface area contributed by atoms with Crippen molar-refractivity contribution in [2.24, 2.45) is 5.92 Å². The van der Waals surface area contributed by atoms with E-state index in [1.807, 2.05) is 24.4 Å². The minimum absolute atomic E-state index is 0.0153. The molecule has 2 atom stereocenters. The molecule has 3 rings (SSSR count). The van der Waals surface area contributed by atoms with Crippen molar-refractivity contribution in [3.05, 3.63) is 24.4 Å². The molecule has 2 fully saturated rings. The van der Waals surface area contributed by atoms with Gasteiger partial charge in [0.05, 0.1) is 6.04 Å². The lowest BCUT2D eigenvalue weighted by Crippen LogP contribution is -2.49. The first kappa shape index (κ1) is 17.0. The summed E-state index contributed by atoms with van der Waals surface area (Å²) in [7, 11) is 4.16. The van der Waals surface area contributed by atoms with Gasteiger partial charge in [-0.25, -0.2) is 9.78 Å². The first-order valence-corrected chi connectivity index (χ1v) is 8.99. The minimum atomic E-state index is -0.0153. The highest BCUT2D eigenvalue weighted by Crippen LogP contribution is 2.23. The largest absolute Gasteiger partial charge is 0.354 e. The van der Waals surface area contributed by atoms with Crippen molar-refractivity contribution >= 4 is 11.8 Å². The number of anilines is 1. The molecule has 0 aromatic carbocycles. The molecule has 6 heteroatoms. The Morgan fingerprint density at radius 3 is 2.71 bits per heavy atom. The van der Waals surface area contributed by atoms with Crippen LogP contribution in [0.15, 0.2) is 24.4 Å². The van der Waals surface area contributed by atoms with Crippen LogP contribution in [-0.2, 0) is 0 Å². The molecule has 0 bridgehead atoms. The molecule has 132 valence electrons. The van der Waals surface area contributed by atoms with E-state index >= 15 is 0 Å². The zero-order chi connectivity index (χ0) is 16.9.